The summed E-state index contributed by atoms with van der Waals surface area (Å²) in [6, 6.07) is 13.8. The van der Waals surface area contributed by atoms with Crippen LogP contribution >= 0.6 is 55.2 Å². The Bertz CT molecular complexity index is 934. The highest BCUT2D eigenvalue weighted by atomic mass is 79.9. The Morgan fingerprint density at radius 1 is 1.12 bits per heavy atom. The van der Waals surface area contributed by atoms with E-state index in [1.807, 2.05) is 24.3 Å². The summed E-state index contributed by atoms with van der Waals surface area (Å²) in [5.41, 5.74) is 0.937. The number of hydrogen-bond acceptors (Lipinski definition) is 4. The lowest BCUT2D eigenvalue weighted by Gasteiger charge is -2.11. The lowest BCUT2D eigenvalue weighted by molar-refractivity contribution is 0.174. The van der Waals surface area contributed by atoms with Crippen LogP contribution in [0.25, 0.3) is 0 Å². The Kier molecular flexibility index (Phi) is 4.99. The Balaban J connectivity index is 1.69. The normalized spacial score (nSPS) is 12.6. The molecule has 128 valence electrons. The Hall–Kier alpha value is -1.15. The molecule has 3 aromatic rings. The minimum Gasteiger partial charge on any atom is -0.454 e. The fraction of sp³-hybridized carbons (Fsp3) is 0.118. The van der Waals surface area contributed by atoms with Gasteiger partial charge in [0.05, 0.1) is 6.54 Å². The maximum Gasteiger partial charge on any atom is 0.231 e. The van der Waals surface area contributed by atoms with Crippen molar-refractivity contribution in [1.29, 1.82) is 0 Å². The Labute approximate surface area is 170 Å². The molecule has 1 aliphatic heterocycles. The number of imidazole rings is 1. The van der Waals surface area contributed by atoms with Crippen LogP contribution in [0.5, 0.6) is 11.5 Å². The van der Waals surface area contributed by atoms with Gasteiger partial charge in [-0.2, -0.15) is 0 Å². The van der Waals surface area contributed by atoms with Gasteiger partial charge < -0.3 is 14.0 Å². The molecule has 0 atom stereocenters. The van der Waals surface area contributed by atoms with E-state index < -0.39 is 0 Å². The first-order valence-electron chi connectivity index (χ1n) is 7.34. The van der Waals surface area contributed by atoms with Crippen LogP contribution in [0.4, 0.5) is 0 Å². The molecule has 0 N–H and O–H groups in total. The molecule has 0 spiro atoms. The average molecular weight is 503 g/mol. The minimum atomic E-state index is 0.227. The maximum atomic E-state index is 6.43. The maximum absolute atomic E-state index is 6.43. The molecule has 0 fully saturated rings. The van der Waals surface area contributed by atoms with E-state index in [-0.39, 0.29) is 6.79 Å². The SMILES string of the molecule is Clc1cc2c(cc1Cn1c(Sc3ccccc3)nc(Br)c1Br)OCO2. The third-order valence-corrected chi connectivity index (χ3v) is 6.90. The quantitative estimate of drug-likeness (QED) is 0.439. The number of nitrogens with zero attached hydrogens (tertiary/aromatic N) is 2. The molecule has 0 amide bonds. The molecule has 2 aromatic carbocycles. The number of halogens is 3. The molecule has 25 heavy (non-hydrogen) atoms. The molecule has 0 aliphatic carbocycles. The molecule has 1 aromatic heterocycles. The van der Waals surface area contributed by atoms with Crippen LogP contribution in [0.2, 0.25) is 5.02 Å². The topological polar surface area (TPSA) is 36.3 Å². The monoisotopic (exact) mass is 500 g/mol. The summed E-state index contributed by atoms with van der Waals surface area (Å²) in [5.74, 6) is 1.39. The van der Waals surface area contributed by atoms with Gasteiger partial charge in [-0.1, -0.05) is 41.6 Å². The standard InChI is InChI=1S/C17H11Br2ClN2O2S/c18-15-16(19)22(17(21-15)25-11-4-2-1-3-5-11)8-10-6-13-14(7-12(10)20)24-9-23-13/h1-7H,8-9H2. The first-order valence-corrected chi connectivity index (χ1v) is 10.1. The van der Waals surface area contributed by atoms with Crippen molar-refractivity contribution in [1.82, 2.24) is 9.55 Å². The van der Waals surface area contributed by atoms with Crippen molar-refractivity contribution in [3.05, 3.63) is 62.3 Å². The van der Waals surface area contributed by atoms with E-state index in [9.17, 15) is 0 Å². The van der Waals surface area contributed by atoms with Crippen LogP contribution in [-0.4, -0.2) is 16.3 Å². The third-order valence-electron chi connectivity index (χ3n) is 3.65. The summed E-state index contributed by atoms with van der Waals surface area (Å²) in [7, 11) is 0. The molecule has 0 unspecified atom stereocenters. The number of hydrogen-bond donors (Lipinski definition) is 0. The smallest absolute Gasteiger partial charge is 0.231 e. The fourth-order valence-electron chi connectivity index (χ4n) is 2.45. The predicted octanol–water partition coefficient (Wildman–Crippen LogP) is 5.99. The van der Waals surface area contributed by atoms with Gasteiger partial charge in [0, 0.05) is 16.0 Å². The second kappa shape index (κ2) is 7.23. The van der Waals surface area contributed by atoms with E-state index in [2.05, 4.69) is 53.5 Å². The molecular formula is C17H11Br2ClN2O2S. The molecule has 0 saturated heterocycles. The lowest BCUT2D eigenvalue weighted by atomic mass is 10.2. The number of benzene rings is 2. The van der Waals surface area contributed by atoms with Gasteiger partial charge in [0.25, 0.3) is 0 Å². The summed E-state index contributed by atoms with van der Waals surface area (Å²) in [6.45, 7) is 0.786. The van der Waals surface area contributed by atoms with Crippen molar-refractivity contribution < 1.29 is 9.47 Å². The zero-order valence-electron chi connectivity index (χ0n) is 12.7. The molecule has 8 heteroatoms. The van der Waals surface area contributed by atoms with E-state index in [0.29, 0.717) is 23.1 Å². The zero-order chi connectivity index (χ0) is 17.4. The van der Waals surface area contributed by atoms with Crippen LogP contribution in [0.1, 0.15) is 5.56 Å². The summed E-state index contributed by atoms with van der Waals surface area (Å²) in [4.78, 5) is 5.72. The highest BCUT2D eigenvalue weighted by molar-refractivity contribution is 9.13. The molecule has 1 aliphatic rings. The van der Waals surface area contributed by atoms with Gasteiger partial charge in [-0.25, -0.2) is 4.98 Å². The minimum absolute atomic E-state index is 0.227. The van der Waals surface area contributed by atoms with Crippen molar-refractivity contribution >= 4 is 55.2 Å². The Morgan fingerprint density at radius 3 is 2.60 bits per heavy atom. The van der Waals surface area contributed by atoms with Crippen molar-refractivity contribution in [3.8, 4) is 11.5 Å². The van der Waals surface area contributed by atoms with E-state index in [1.54, 1.807) is 17.8 Å². The van der Waals surface area contributed by atoms with Crippen LogP contribution < -0.4 is 9.47 Å². The number of ether oxygens (including phenoxy) is 2. The van der Waals surface area contributed by atoms with Gasteiger partial charge in [0.15, 0.2) is 16.7 Å². The molecular weight excluding hydrogens is 492 g/mol. The first-order chi connectivity index (χ1) is 12.1. The fourth-order valence-corrected chi connectivity index (χ4v) is 4.56. The van der Waals surface area contributed by atoms with Crippen molar-refractivity contribution in [2.24, 2.45) is 0 Å². The molecule has 0 saturated carbocycles. The van der Waals surface area contributed by atoms with E-state index in [1.165, 1.54) is 0 Å². The summed E-state index contributed by atoms with van der Waals surface area (Å²) < 4.78 is 14.5. The van der Waals surface area contributed by atoms with Crippen LogP contribution in [-0.2, 0) is 6.54 Å². The van der Waals surface area contributed by atoms with Gasteiger partial charge in [0.1, 0.15) is 9.21 Å². The highest BCUT2D eigenvalue weighted by Gasteiger charge is 2.20. The number of aromatic nitrogens is 2. The molecule has 0 radical (unpaired) electrons. The number of fused-ring (bicyclic) bond motifs is 1. The van der Waals surface area contributed by atoms with Gasteiger partial charge in [-0.15, -0.1) is 0 Å². The second-order valence-corrected chi connectivity index (χ2v) is 8.22. The zero-order valence-corrected chi connectivity index (χ0v) is 17.5. The van der Waals surface area contributed by atoms with Crippen molar-refractivity contribution in [3.63, 3.8) is 0 Å². The molecule has 4 rings (SSSR count). The van der Waals surface area contributed by atoms with E-state index in [4.69, 9.17) is 21.1 Å². The Morgan fingerprint density at radius 2 is 1.84 bits per heavy atom. The summed E-state index contributed by atoms with van der Waals surface area (Å²) in [6.07, 6.45) is 0. The van der Waals surface area contributed by atoms with Gasteiger partial charge >= 0.3 is 0 Å². The van der Waals surface area contributed by atoms with Gasteiger partial charge in [-0.05, 0) is 55.6 Å². The second-order valence-electron chi connectivity index (χ2n) is 5.27. The summed E-state index contributed by atoms with van der Waals surface area (Å²) in [5, 5.41) is 1.50. The molecule has 0 bridgehead atoms. The van der Waals surface area contributed by atoms with Crippen LogP contribution in [0, 0.1) is 0 Å². The largest absolute Gasteiger partial charge is 0.454 e. The van der Waals surface area contributed by atoms with E-state index >= 15 is 0 Å². The first kappa shape index (κ1) is 17.3. The van der Waals surface area contributed by atoms with Crippen molar-refractivity contribution in [2.75, 3.05) is 6.79 Å². The number of rotatable bonds is 4. The van der Waals surface area contributed by atoms with Crippen LogP contribution in [0.15, 0.2) is 61.7 Å². The predicted molar refractivity (Wildman–Crippen MR) is 105 cm³/mol. The lowest BCUT2D eigenvalue weighted by Crippen LogP contribution is -2.03. The molecule has 4 nitrogen and oxygen atoms in total. The van der Waals surface area contributed by atoms with Crippen molar-refractivity contribution in [2.45, 2.75) is 16.6 Å². The average Bonchev–Trinajstić information content (AvgIpc) is 3.15. The summed E-state index contributed by atoms with van der Waals surface area (Å²) >= 11 is 15.1. The third kappa shape index (κ3) is 3.56. The highest BCUT2D eigenvalue weighted by Crippen LogP contribution is 2.39. The molecule has 2 heterocycles. The van der Waals surface area contributed by atoms with Gasteiger partial charge in [0.2, 0.25) is 6.79 Å². The van der Waals surface area contributed by atoms with Gasteiger partial charge in [-0.3, -0.25) is 0 Å². The van der Waals surface area contributed by atoms with Crippen LogP contribution in [0.3, 0.4) is 0 Å². The van der Waals surface area contributed by atoms with E-state index in [0.717, 1.165) is 24.8 Å².